The summed E-state index contributed by atoms with van der Waals surface area (Å²) in [5.41, 5.74) is 5.51. The third-order valence-corrected chi connectivity index (χ3v) is 8.85. The van der Waals surface area contributed by atoms with Crippen LogP contribution in [-0.2, 0) is 18.5 Å². The van der Waals surface area contributed by atoms with Gasteiger partial charge in [-0.05, 0) is 49.1 Å². The van der Waals surface area contributed by atoms with Crippen molar-refractivity contribution >= 4 is 51.0 Å². The molecule has 0 N–H and O–H groups in total. The first kappa shape index (κ1) is 24.4. The fourth-order valence-corrected chi connectivity index (χ4v) is 6.82. The number of nitrogens with zero attached hydrogens (tertiary/aromatic N) is 3. The monoisotopic (exact) mass is 522 g/mol. The van der Waals surface area contributed by atoms with Gasteiger partial charge in [0.05, 0.1) is 10.6 Å². The third-order valence-electron chi connectivity index (χ3n) is 7.77. The van der Waals surface area contributed by atoms with Crippen LogP contribution in [0.2, 0.25) is 0 Å². The highest BCUT2D eigenvalue weighted by Gasteiger charge is 2.37. The van der Waals surface area contributed by atoms with Gasteiger partial charge < -0.3 is 9.32 Å². The van der Waals surface area contributed by atoms with Crippen molar-refractivity contribution in [1.82, 2.24) is 4.57 Å². The summed E-state index contributed by atoms with van der Waals surface area (Å²) in [6, 6.07) is 21.0. The number of thiazole rings is 1. The van der Waals surface area contributed by atoms with E-state index in [9.17, 15) is 4.79 Å². The zero-order chi connectivity index (χ0) is 26.6. The molecule has 0 radical (unpaired) electrons. The third kappa shape index (κ3) is 3.66. The van der Waals surface area contributed by atoms with Crippen molar-refractivity contribution in [3.63, 3.8) is 0 Å². The van der Waals surface area contributed by atoms with E-state index in [-0.39, 0.29) is 11.0 Å². The molecular weight excluding hydrogens is 490 g/mol. The Bertz CT molecular complexity index is 1920. The Morgan fingerprint density at radius 3 is 2.53 bits per heavy atom. The fourth-order valence-electron chi connectivity index (χ4n) is 5.78. The molecule has 0 saturated heterocycles. The zero-order valence-corrected chi connectivity index (χ0v) is 23.3. The van der Waals surface area contributed by atoms with Crippen LogP contribution < -0.4 is 24.2 Å². The Morgan fingerprint density at radius 2 is 1.76 bits per heavy atom. The number of hydrogen-bond donors (Lipinski definition) is 0. The molecule has 2 aromatic heterocycles. The average molecular weight is 523 g/mol. The molecule has 5 nitrogen and oxygen atoms in total. The predicted molar refractivity (Wildman–Crippen MR) is 157 cm³/mol. The van der Waals surface area contributed by atoms with Crippen molar-refractivity contribution in [1.29, 1.82) is 0 Å². The van der Waals surface area contributed by atoms with E-state index in [0.717, 1.165) is 43.5 Å². The molecule has 0 bridgehead atoms. The highest BCUT2D eigenvalue weighted by molar-refractivity contribution is 7.07. The average Bonchev–Trinajstić information content (AvgIpc) is 3.50. The summed E-state index contributed by atoms with van der Waals surface area (Å²) in [6.07, 6.45) is 6.10. The van der Waals surface area contributed by atoms with Crippen LogP contribution in [0, 0.1) is 0 Å². The second kappa shape index (κ2) is 9.14. The molecule has 6 rings (SSSR count). The summed E-state index contributed by atoms with van der Waals surface area (Å²) in [5.74, 6) is 0.749. The highest BCUT2D eigenvalue weighted by atomic mass is 32.1. The number of anilines is 1. The summed E-state index contributed by atoms with van der Waals surface area (Å²) in [7, 11) is 2.10. The molecule has 6 heteroatoms. The zero-order valence-electron chi connectivity index (χ0n) is 22.5. The fraction of sp³-hybridized carbons (Fsp3) is 0.250. The summed E-state index contributed by atoms with van der Waals surface area (Å²) < 4.78 is 12.0. The van der Waals surface area contributed by atoms with Gasteiger partial charge in [-0.1, -0.05) is 56.3 Å². The van der Waals surface area contributed by atoms with Crippen LogP contribution >= 0.6 is 11.3 Å². The molecule has 1 aliphatic rings. The van der Waals surface area contributed by atoms with Gasteiger partial charge in [0, 0.05) is 41.8 Å². The molecule has 0 saturated carbocycles. The van der Waals surface area contributed by atoms with Gasteiger partial charge in [0.15, 0.2) is 0 Å². The molecule has 0 amide bonds. The van der Waals surface area contributed by atoms with Crippen LogP contribution in [0.4, 0.5) is 5.69 Å². The van der Waals surface area contributed by atoms with E-state index in [1.807, 2.05) is 35.8 Å². The van der Waals surface area contributed by atoms with E-state index in [2.05, 4.69) is 91.9 Å². The Kier molecular flexibility index (Phi) is 5.88. The first-order valence-corrected chi connectivity index (χ1v) is 14.0. The van der Waals surface area contributed by atoms with E-state index < -0.39 is 0 Å². The van der Waals surface area contributed by atoms with Crippen LogP contribution in [0.1, 0.15) is 39.1 Å². The van der Waals surface area contributed by atoms with E-state index >= 15 is 0 Å². The normalized spacial score (nSPS) is 16.9. The van der Waals surface area contributed by atoms with Crippen molar-refractivity contribution in [2.45, 2.75) is 46.2 Å². The number of oxazole rings is 1. The largest absolute Gasteiger partial charge is 0.397 e. The lowest BCUT2D eigenvalue weighted by Crippen LogP contribution is -2.35. The SMILES string of the molecule is CCn1c(=O)/c(=C\C=C2\N(C)c3ccccc3C2(C)C)s/c1=C/c1oc2c3ccccc3ccc2[n+]1CC. The van der Waals surface area contributed by atoms with Gasteiger partial charge in [-0.2, -0.15) is 4.57 Å². The minimum Gasteiger partial charge on any atom is -0.397 e. The van der Waals surface area contributed by atoms with Crippen LogP contribution in [0.3, 0.4) is 0 Å². The van der Waals surface area contributed by atoms with Gasteiger partial charge in [0.1, 0.15) is 11.2 Å². The predicted octanol–water partition coefficient (Wildman–Crippen LogP) is 5.06. The van der Waals surface area contributed by atoms with Crippen LogP contribution in [0.25, 0.3) is 34.0 Å². The quantitative estimate of drug-likeness (QED) is 0.310. The van der Waals surface area contributed by atoms with E-state index in [4.69, 9.17) is 4.42 Å². The first-order valence-electron chi connectivity index (χ1n) is 13.2. The van der Waals surface area contributed by atoms with Crippen molar-refractivity contribution in [3.8, 4) is 0 Å². The van der Waals surface area contributed by atoms with Crippen LogP contribution in [0.15, 0.2) is 81.6 Å². The van der Waals surface area contributed by atoms with Crippen molar-refractivity contribution in [2.75, 3.05) is 11.9 Å². The minimum absolute atomic E-state index is 0.0289. The van der Waals surface area contributed by atoms with Crippen molar-refractivity contribution in [2.24, 2.45) is 0 Å². The number of allylic oxidation sites excluding steroid dienone is 2. The number of aryl methyl sites for hydroxylation is 1. The molecule has 5 aromatic rings. The molecular formula is C32H32N3O2S+. The van der Waals surface area contributed by atoms with Gasteiger partial charge in [0.2, 0.25) is 5.58 Å². The van der Waals surface area contributed by atoms with Crippen molar-refractivity contribution < 1.29 is 8.98 Å². The Balaban J connectivity index is 1.51. The molecule has 38 heavy (non-hydrogen) atoms. The summed E-state index contributed by atoms with van der Waals surface area (Å²) in [6.45, 7) is 9.97. The van der Waals surface area contributed by atoms with Gasteiger partial charge in [-0.3, -0.25) is 9.36 Å². The van der Waals surface area contributed by atoms with Crippen LogP contribution in [0.5, 0.6) is 0 Å². The lowest BCUT2D eigenvalue weighted by molar-refractivity contribution is -0.674. The highest BCUT2D eigenvalue weighted by Crippen LogP contribution is 2.46. The Morgan fingerprint density at radius 1 is 1.00 bits per heavy atom. The molecule has 1 aliphatic heterocycles. The topological polar surface area (TPSA) is 42.3 Å². The molecule has 192 valence electrons. The number of para-hydroxylation sites is 1. The second-order valence-corrected chi connectivity index (χ2v) is 11.3. The summed E-state index contributed by atoms with van der Waals surface area (Å²) in [5, 5.41) is 2.24. The van der Waals surface area contributed by atoms with Gasteiger partial charge in [-0.25, -0.2) is 0 Å². The Labute approximate surface area is 225 Å². The van der Waals surface area contributed by atoms with Gasteiger partial charge >= 0.3 is 5.89 Å². The van der Waals surface area contributed by atoms with E-state index in [1.54, 1.807) is 0 Å². The summed E-state index contributed by atoms with van der Waals surface area (Å²) in [4.78, 5) is 15.7. The second-order valence-electron chi connectivity index (χ2n) is 10.2. The molecule has 3 aromatic carbocycles. The molecule has 0 unspecified atom stereocenters. The van der Waals surface area contributed by atoms with E-state index in [0.29, 0.717) is 6.54 Å². The number of fused-ring (bicyclic) bond motifs is 4. The van der Waals surface area contributed by atoms with Gasteiger partial charge in [-0.15, -0.1) is 11.3 Å². The molecule has 0 aliphatic carbocycles. The standard InChI is InChI=1S/C32H32N3O2S/c1-6-34-25-17-16-21-12-8-9-13-22(21)30(25)37-28(34)20-29-35(7-2)31(36)26(38-29)18-19-27-32(3,4)23-14-10-11-15-24(23)33(27)5/h8-20H,6-7H2,1-5H3/q+1/b26-18+,27-19+. The minimum atomic E-state index is -0.137. The Hall–Kier alpha value is -3.90. The van der Waals surface area contributed by atoms with E-state index in [1.165, 1.54) is 28.3 Å². The first-order chi connectivity index (χ1) is 18.3. The lowest BCUT2D eigenvalue weighted by Gasteiger charge is -2.23. The molecule has 3 heterocycles. The lowest BCUT2D eigenvalue weighted by atomic mass is 9.84. The number of likely N-dealkylation sites (N-methyl/N-ethyl adjacent to an activating group) is 1. The smallest absolute Gasteiger partial charge is 0.377 e. The number of rotatable bonds is 4. The molecule has 0 atom stereocenters. The van der Waals surface area contributed by atoms with Crippen molar-refractivity contribution in [3.05, 3.63) is 103 Å². The molecule has 0 fully saturated rings. The maximum absolute atomic E-state index is 13.4. The number of aromatic nitrogens is 2. The van der Waals surface area contributed by atoms with Gasteiger partial charge in [0.25, 0.3) is 11.1 Å². The van der Waals surface area contributed by atoms with Crippen LogP contribution in [-0.4, -0.2) is 11.6 Å². The molecule has 0 spiro atoms. The number of benzene rings is 3. The number of hydrogen-bond acceptors (Lipinski definition) is 4. The maximum atomic E-state index is 13.4. The maximum Gasteiger partial charge on any atom is 0.377 e. The summed E-state index contributed by atoms with van der Waals surface area (Å²) >= 11 is 1.51.